The van der Waals surface area contributed by atoms with Crippen molar-refractivity contribution in [2.75, 3.05) is 50.6 Å². The molecule has 0 bridgehead atoms. The molecule has 2 amide bonds. The normalized spacial score (nSPS) is 15.6. The van der Waals surface area contributed by atoms with E-state index in [1.54, 1.807) is 19.2 Å². The number of urea groups is 1. The van der Waals surface area contributed by atoms with Crippen LogP contribution in [0.2, 0.25) is 5.02 Å². The van der Waals surface area contributed by atoms with E-state index in [0.717, 1.165) is 23.4 Å². The molecule has 162 valence electrons. The van der Waals surface area contributed by atoms with Crippen molar-refractivity contribution in [1.29, 1.82) is 0 Å². The standard InChI is InChI=1S/C21H27ClN4O4/c1-5-15-12-18(20(30-4)23-14(15)2)24-21(27)26(28)10-8-25(9-11-26)19-13-16(29-3)6-7-17(19)22/h6-7,12-13H,5,8-11H2,1-4H3,(H,24,27). The number of carbonyl (C=O) groups is 1. The summed E-state index contributed by atoms with van der Waals surface area (Å²) in [7, 11) is 3.08. The van der Waals surface area contributed by atoms with Gasteiger partial charge in [-0.15, -0.1) is 0 Å². The van der Waals surface area contributed by atoms with E-state index in [2.05, 4.69) is 10.3 Å². The molecule has 9 heteroatoms. The molecule has 0 atom stereocenters. The van der Waals surface area contributed by atoms with Gasteiger partial charge >= 0.3 is 6.03 Å². The van der Waals surface area contributed by atoms with E-state index < -0.39 is 10.7 Å². The Hall–Kier alpha value is -2.55. The van der Waals surface area contributed by atoms with Crippen molar-refractivity contribution >= 4 is 29.0 Å². The van der Waals surface area contributed by atoms with Crippen LogP contribution in [0.4, 0.5) is 16.2 Å². The number of quaternary nitrogens is 1. The molecule has 2 aromatic rings. The summed E-state index contributed by atoms with van der Waals surface area (Å²) in [5.74, 6) is 0.984. The van der Waals surface area contributed by atoms with Crippen molar-refractivity contribution in [2.24, 2.45) is 0 Å². The van der Waals surface area contributed by atoms with Crippen LogP contribution in [0.1, 0.15) is 18.2 Å². The van der Waals surface area contributed by atoms with Gasteiger partial charge in [-0.2, -0.15) is 0 Å². The number of amides is 2. The summed E-state index contributed by atoms with van der Waals surface area (Å²) >= 11 is 6.32. The SMILES string of the molecule is CCc1cc(NC(=O)[N+]2([O-])CCN(c3cc(OC)ccc3Cl)CC2)c(OC)nc1C. The fourth-order valence-corrected chi connectivity index (χ4v) is 3.78. The molecule has 2 heterocycles. The molecule has 1 aliphatic heterocycles. The van der Waals surface area contributed by atoms with Gasteiger partial charge in [-0.25, -0.2) is 9.78 Å². The fraction of sp³-hybridized carbons (Fsp3) is 0.429. The van der Waals surface area contributed by atoms with Crippen molar-refractivity contribution in [3.63, 3.8) is 0 Å². The molecule has 1 saturated heterocycles. The lowest BCUT2D eigenvalue weighted by molar-refractivity contribution is -0.797. The average Bonchev–Trinajstić information content (AvgIpc) is 2.75. The zero-order valence-electron chi connectivity index (χ0n) is 17.7. The Morgan fingerprint density at radius 1 is 1.27 bits per heavy atom. The Morgan fingerprint density at radius 2 is 1.97 bits per heavy atom. The minimum atomic E-state index is -0.976. The van der Waals surface area contributed by atoms with Crippen LogP contribution in [-0.4, -0.2) is 56.1 Å². The van der Waals surface area contributed by atoms with Gasteiger partial charge in [-0.1, -0.05) is 18.5 Å². The number of nitrogens with one attached hydrogen (secondary N) is 1. The highest BCUT2D eigenvalue weighted by Gasteiger charge is 2.34. The lowest BCUT2D eigenvalue weighted by atomic mass is 10.1. The number of hydrogen-bond acceptors (Lipinski definition) is 6. The van der Waals surface area contributed by atoms with Crippen LogP contribution in [0.5, 0.6) is 11.6 Å². The van der Waals surface area contributed by atoms with Gasteiger partial charge in [-0.05, 0) is 37.1 Å². The second-order valence-corrected chi connectivity index (χ2v) is 7.62. The van der Waals surface area contributed by atoms with E-state index in [0.29, 0.717) is 35.4 Å². The van der Waals surface area contributed by atoms with Crippen LogP contribution in [-0.2, 0) is 6.42 Å². The van der Waals surface area contributed by atoms with Crippen LogP contribution >= 0.6 is 11.6 Å². The van der Waals surface area contributed by atoms with Gasteiger partial charge in [0.25, 0.3) is 0 Å². The molecule has 1 aromatic heterocycles. The lowest BCUT2D eigenvalue weighted by Crippen LogP contribution is -2.60. The first-order chi connectivity index (χ1) is 14.3. The van der Waals surface area contributed by atoms with Crippen molar-refractivity contribution in [2.45, 2.75) is 20.3 Å². The van der Waals surface area contributed by atoms with Crippen LogP contribution in [0.15, 0.2) is 24.3 Å². The summed E-state index contributed by atoms with van der Waals surface area (Å²) in [4.78, 5) is 19.2. The maximum atomic E-state index is 13.2. The van der Waals surface area contributed by atoms with Crippen LogP contribution in [0, 0.1) is 12.1 Å². The zero-order valence-corrected chi connectivity index (χ0v) is 18.5. The summed E-state index contributed by atoms with van der Waals surface area (Å²) in [5.41, 5.74) is 3.03. The number of piperazine rings is 1. The molecule has 0 spiro atoms. The number of hydroxylamine groups is 3. The lowest BCUT2D eigenvalue weighted by Gasteiger charge is -2.45. The number of nitrogens with zero attached hydrogens (tertiary/aromatic N) is 3. The monoisotopic (exact) mass is 434 g/mol. The summed E-state index contributed by atoms with van der Waals surface area (Å²) in [6.45, 7) is 4.88. The molecule has 8 nitrogen and oxygen atoms in total. The van der Waals surface area contributed by atoms with Gasteiger partial charge in [0.2, 0.25) is 5.88 Å². The molecule has 0 unspecified atom stereocenters. The highest BCUT2D eigenvalue weighted by molar-refractivity contribution is 6.33. The Balaban J connectivity index is 1.73. The maximum Gasteiger partial charge on any atom is 0.421 e. The Morgan fingerprint density at radius 3 is 2.57 bits per heavy atom. The number of carbonyl (C=O) groups excluding carboxylic acids is 1. The molecule has 1 N–H and O–H groups in total. The number of rotatable bonds is 5. The third kappa shape index (κ3) is 4.45. The van der Waals surface area contributed by atoms with Gasteiger partial charge in [0.05, 0.1) is 38.0 Å². The van der Waals surface area contributed by atoms with Gasteiger partial charge in [0, 0.05) is 11.8 Å². The number of aromatic nitrogens is 1. The molecule has 30 heavy (non-hydrogen) atoms. The molecular weight excluding hydrogens is 408 g/mol. The third-order valence-electron chi connectivity index (χ3n) is 5.43. The Kier molecular flexibility index (Phi) is 6.70. The van der Waals surface area contributed by atoms with Crippen molar-refractivity contribution in [1.82, 2.24) is 4.98 Å². The number of pyridine rings is 1. The van der Waals surface area contributed by atoms with Crippen LogP contribution in [0.3, 0.4) is 0 Å². The Bertz CT molecular complexity index is 929. The molecular formula is C21H27ClN4O4. The number of hydrogen-bond donors (Lipinski definition) is 1. The highest BCUT2D eigenvalue weighted by Crippen LogP contribution is 2.32. The third-order valence-corrected chi connectivity index (χ3v) is 5.74. The number of aryl methyl sites for hydroxylation is 2. The van der Waals surface area contributed by atoms with E-state index in [4.69, 9.17) is 21.1 Å². The summed E-state index contributed by atoms with van der Waals surface area (Å²) in [6.07, 6.45) is 0.763. The first-order valence-electron chi connectivity index (χ1n) is 9.84. The van der Waals surface area contributed by atoms with Crippen LogP contribution < -0.4 is 19.7 Å². The van der Waals surface area contributed by atoms with Crippen molar-refractivity contribution in [3.05, 3.63) is 45.8 Å². The quantitative estimate of drug-likeness (QED) is 0.565. The predicted molar refractivity (Wildman–Crippen MR) is 118 cm³/mol. The Labute approximate surface area is 181 Å². The molecule has 0 aliphatic carbocycles. The molecule has 1 fully saturated rings. The van der Waals surface area contributed by atoms with E-state index in [1.807, 2.05) is 30.9 Å². The predicted octanol–water partition coefficient (Wildman–Crippen LogP) is 3.99. The van der Waals surface area contributed by atoms with E-state index in [-0.39, 0.29) is 13.1 Å². The topological polar surface area (TPSA) is 86.8 Å². The van der Waals surface area contributed by atoms with Gasteiger partial charge in [0.1, 0.15) is 24.5 Å². The first-order valence-corrected chi connectivity index (χ1v) is 10.2. The van der Waals surface area contributed by atoms with E-state index in [9.17, 15) is 10.0 Å². The summed E-state index contributed by atoms with van der Waals surface area (Å²) in [5, 5.41) is 16.5. The second-order valence-electron chi connectivity index (χ2n) is 7.21. The largest absolute Gasteiger partial charge is 0.624 e. The van der Waals surface area contributed by atoms with Gasteiger partial charge in [0.15, 0.2) is 0 Å². The number of methoxy groups -OCH3 is 2. The average molecular weight is 435 g/mol. The second kappa shape index (κ2) is 9.07. The summed E-state index contributed by atoms with van der Waals surface area (Å²) < 4.78 is 9.57. The number of anilines is 2. The van der Waals surface area contributed by atoms with Crippen LogP contribution in [0.25, 0.3) is 0 Å². The number of ether oxygens (including phenoxy) is 2. The van der Waals surface area contributed by atoms with Gasteiger partial charge in [-0.3, -0.25) is 9.96 Å². The molecule has 0 radical (unpaired) electrons. The molecule has 1 aromatic carbocycles. The molecule has 3 rings (SSSR count). The summed E-state index contributed by atoms with van der Waals surface area (Å²) in [6, 6.07) is 6.57. The number of halogens is 1. The molecule has 0 saturated carbocycles. The van der Waals surface area contributed by atoms with Crippen molar-refractivity contribution < 1.29 is 18.9 Å². The number of benzene rings is 1. The first kappa shape index (κ1) is 22.1. The minimum Gasteiger partial charge on any atom is -0.624 e. The van der Waals surface area contributed by atoms with Crippen molar-refractivity contribution in [3.8, 4) is 11.6 Å². The minimum absolute atomic E-state index is 0.0988. The molecule has 1 aliphatic rings. The van der Waals surface area contributed by atoms with Gasteiger partial charge < -0.3 is 19.6 Å². The zero-order chi connectivity index (χ0) is 21.9. The smallest absolute Gasteiger partial charge is 0.421 e. The maximum absolute atomic E-state index is 13.2. The fourth-order valence-electron chi connectivity index (χ4n) is 3.54. The highest BCUT2D eigenvalue weighted by atomic mass is 35.5. The van der Waals surface area contributed by atoms with E-state index >= 15 is 0 Å². The van der Waals surface area contributed by atoms with E-state index in [1.165, 1.54) is 7.11 Å².